The van der Waals surface area contributed by atoms with Gasteiger partial charge in [-0.25, -0.2) is 4.98 Å². The fourth-order valence-electron chi connectivity index (χ4n) is 3.39. The Morgan fingerprint density at radius 2 is 2.00 bits per heavy atom. The lowest BCUT2D eigenvalue weighted by molar-refractivity contribution is 0.304. The van der Waals surface area contributed by atoms with Gasteiger partial charge in [-0.3, -0.25) is 4.79 Å². The van der Waals surface area contributed by atoms with Crippen LogP contribution < -0.4 is 10.3 Å². The van der Waals surface area contributed by atoms with Gasteiger partial charge in [0.15, 0.2) is 0 Å². The molecule has 3 aromatic carbocycles. The van der Waals surface area contributed by atoms with E-state index < -0.39 is 0 Å². The SMILES string of the molecule is CC[C@H](C)c1nc2ccc(Br)cc2c(=O)n1N=Cc1ccc(OCc2ccccc2Cl)c(I)c1. The summed E-state index contributed by atoms with van der Waals surface area (Å²) in [4.78, 5) is 18.0. The highest BCUT2D eigenvalue weighted by atomic mass is 127. The van der Waals surface area contributed by atoms with Gasteiger partial charge in [-0.15, -0.1) is 0 Å². The molecule has 0 bridgehead atoms. The Morgan fingerprint density at radius 3 is 2.74 bits per heavy atom. The van der Waals surface area contributed by atoms with Gasteiger partial charge in [0.1, 0.15) is 18.2 Å². The molecule has 0 spiro atoms. The summed E-state index contributed by atoms with van der Waals surface area (Å²) >= 11 is 11.9. The highest BCUT2D eigenvalue weighted by Gasteiger charge is 2.15. The van der Waals surface area contributed by atoms with Gasteiger partial charge in [-0.1, -0.05) is 59.6 Å². The van der Waals surface area contributed by atoms with E-state index in [9.17, 15) is 4.79 Å². The van der Waals surface area contributed by atoms with E-state index in [1.54, 1.807) is 12.3 Å². The molecule has 1 aromatic heterocycles. The highest BCUT2D eigenvalue weighted by molar-refractivity contribution is 14.1. The maximum atomic E-state index is 13.3. The molecule has 0 N–H and O–H groups in total. The summed E-state index contributed by atoms with van der Waals surface area (Å²) in [5.74, 6) is 1.49. The molecule has 0 aliphatic carbocycles. The third-order valence-corrected chi connectivity index (χ3v) is 7.21. The molecule has 174 valence electrons. The summed E-state index contributed by atoms with van der Waals surface area (Å²) in [6.45, 7) is 4.50. The number of aromatic nitrogens is 2. The largest absolute Gasteiger partial charge is 0.488 e. The van der Waals surface area contributed by atoms with Crippen LogP contribution in [0.3, 0.4) is 0 Å². The number of benzene rings is 3. The Morgan fingerprint density at radius 1 is 1.21 bits per heavy atom. The van der Waals surface area contributed by atoms with E-state index >= 15 is 0 Å². The third-order valence-electron chi connectivity index (χ3n) is 5.51. The molecular weight excluding hydrogens is 629 g/mol. The van der Waals surface area contributed by atoms with E-state index in [0.29, 0.717) is 28.4 Å². The number of ether oxygens (including phenoxy) is 1. The second kappa shape index (κ2) is 11.0. The van der Waals surface area contributed by atoms with Crippen LogP contribution in [0, 0.1) is 3.57 Å². The van der Waals surface area contributed by atoms with Crippen LogP contribution in [0.15, 0.2) is 75.0 Å². The third kappa shape index (κ3) is 5.53. The van der Waals surface area contributed by atoms with E-state index in [1.165, 1.54) is 4.68 Å². The first-order valence-corrected chi connectivity index (χ1v) is 13.0. The molecule has 0 saturated heterocycles. The summed E-state index contributed by atoms with van der Waals surface area (Å²) in [5.41, 5.74) is 2.26. The molecule has 0 unspecified atom stereocenters. The van der Waals surface area contributed by atoms with Gasteiger partial charge in [0.25, 0.3) is 5.56 Å². The Bertz CT molecular complexity index is 1440. The summed E-state index contributed by atoms with van der Waals surface area (Å²) in [5, 5.41) is 5.75. The number of rotatable bonds is 7. The van der Waals surface area contributed by atoms with Gasteiger partial charge in [-0.05, 0) is 77.0 Å². The lowest BCUT2D eigenvalue weighted by Crippen LogP contribution is -2.23. The fraction of sp³-hybridized carbons (Fsp3) is 0.192. The minimum Gasteiger partial charge on any atom is -0.488 e. The van der Waals surface area contributed by atoms with Crippen LogP contribution in [-0.2, 0) is 6.61 Å². The minimum absolute atomic E-state index is 0.0821. The Balaban J connectivity index is 1.63. The molecular formula is C26H22BrClIN3O2. The zero-order chi connectivity index (χ0) is 24.2. The number of hydrogen-bond donors (Lipinski definition) is 0. The molecule has 8 heteroatoms. The molecule has 4 aromatic rings. The second-order valence-corrected chi connectivity index (χ2v) is 10.4. The van der Waals surface area contributed by atoms with Crippen molar-refractivity contribution in [3.8, 4) is 5.75 Å². The first-order chi connectivity index (χ1) is 16.4. The van der Waals surface area contributed by atoms with Gasteiger partial charge in [0.2, 0.25) is 0 Å². The van der Waals surface area contributed by atoms with Crippen LogP contribution in [0.4, 0.5) is 0 Å². The molecule has 0 fully saturated rings. The minimum atomic E-state index is -0.188. The molecule has 1 heterocycles. The zero-order valence-electron chi connectivity index (χ0n) is 18.6. The van der Waals surface area contributed by atoms with Crippen LogP contribution in [0.2, 0.25) is 5.02 Å². The fourth-order valence-corrected chi connectivity index (χ4v) is 4.64. The number of nitrogens with zero attached hydrogens (tertiary/aromatic N) is 3. The molecule has 0 aliphatic rings. The van der Waals surface area contributed by atoms with E-state index in [-0.39, 0.29) is 11.5 Å². The quantitative estimate of drug-likeness (QED) is 0.155. The summed E-state index contributed by atoms with van der Waals surface area (Å²) in [6, 6.07) is 18.9. The summed E-state index contributed by atoms with van der Waals surface area (Å²) < 4.78 is 9.13. The zero-order valence-corrected chi connectivity index (χ0v) is 23.1. The van der Waals surface area contributed by atoms with Crippen molar-refractivity contribution in [3.05, 3.63) is 101 Å². The lowest BCUT2D eigenvalue weighted by atomic mass is 10.1. The molecule has 34 heavy (non-hydrogen) atoms. The van der Waals surface area contributed by atoms with Crippen LogP contribution in [0.25, 0.3) is 10.9 Å². The molecule has 0 aliphatic heterocycles. The maximum Gasteiger partial charge on any atom is 0.282 e. The number of hydrogen-bond acceptors (Lipinski definition) is 4. The van der Waals surface area contributed by atoms with Crippen LogP contribution in [0.5, 0.6) is 5.75 Å². The molecule has 1 atom stereocenters. The average Bonchev–Trinajstić information content (AvgIpc) is 2.83. The van der Waals surface area contributed by atoms with Crippen molar-refractivity contribution in [1.82, 2.24) is 9.66 Å². The molecule has 0 radical (unpaired) electrons. The average molecular weight is 651 g/mol. The molecule has 0 saturated carbocycles. The predicted octanol–water partition coefficient (Wildman–Crippen LogP) is 7.39. The van der Waals surface area contributed by atoms with Gasteiger partial charge in [0.05, 0.1) is 20.7 Å². The van der Waals surface area contributed by atoms with E-state index in [4.69, 9.17) is 21.3 Å². The topological polar surface area (TPSA) is 56.5 Å². The van der Waals surface area contributed by atoms with E-state index in [0.717, 1.165) is 31.3 Å². The number of halogens is 3. The van der Waals surface area contributed by atoms with Crippen LogP contribution in [-0.4, -0.2) is 15.9 Å². The van der Waals surface area contributed by atoms with E-state index in [1.807, 2.05) is 61.5 Å². The maximum absolute atomic E-state index is 13.3. The predicted molar refractivity (Wildman–Crippen MR) is 150 cm³/mol. The summed E-state index contributed by atoms with van der Waals surface area (Å²) in [6.07, 6.45) is 2.53. The van der Waals surface area contributed by atoms with Crippen molar-refractivity contribution in [3.63, 3.8) is 0 Å². The van der Waals surface area contributed by atoms with Crippen molar-refractivity contribution < 1.29 is 4.74 Å². The molecule has 0 amide bonds. The number of fused-ring (bicyclic) bond motifs is 1. The standard InChI is InChI=1S/C26H22BrClIN3O2/c1-3-16(2)25-31-23-10-9-19(27)13-20(23)26(33)32(25)30-14-17-8-11-24(22(29)12-17)34-15-18-6-4-5-7-21(18)28/h4-14,16H,3,15H2,1-2H3/t16-/m0/s1. The van der Waals surface area contributed by atoms with Crippen LogP contribution in [0.1, 0.15) is 43.1 Å². The molecule has 5 nitrogen and oxygen atoms in total. The van der Waals surface area contributed by atoms with Crippen molar-refractivity contribution in [2.75, 3.05) is 0 Å². The van der Waals surface area contributed by atoms with Crippen LogP contribution >= 0.6 is 50.1 Å². The second-order valence-electron chi connectivity index (χ2n) is 7.87. The lowest BCUT2D eigenvalue weighted by Gasteiger charge is -2.14. The Kier molecular flexibility index (Phi) is 8.06. The van der Waals surface area contributed by atoms with Gasteiger partial charge < -0.3 is 4.74 Å². The van der Waals surface area contributed by atoms with Gasteiger partial charge in [0, 0.05) is 21.0 Å². The van der Waals surface area contributed by atoms with Gasteiger partial charge >= 0.3 is 0 Å². The van der Waals surface area contributed by atoms with Crippen molar-refractivity contribution in [1.29, 1.82) is 0 Å². The smallest absolute Gasteiger partial charge is 0.282 e. The Hall–Kier alpha value is -2.23. The van der Waals surface area contributed by atoms with Gasteiger partial charge in [-0.2, -0.15) is 9.78 Å². The van der Waals surface area contributed by atoms with Crippen molar-refractivity contribution in [2.24, 2.45) is 5.10 Å². The van der Waals surface area contributed by atoms with Crippen molar-refractivity contribution in [2.45, 2.75) is 32.8 Å². The normalized spacial score (nSPS) is 12.4. The highest BCUT2D eigenvalue weighted by Crippen LogP contribution is 2.25. The summed E-state index contributed by atoms with van der Waals surface area (Å²) in [7, 11) is 0. The molecule has 4 rings (SSSR count). The van der Waals surface area contributed by atoms with E-state index in [2.05, 4.69) is 50.5 Å². The first kappa shape index (κ1) is 24.9. The monoisotopic (exact) mass is 649 g/mol. The Labute approximate surface area is 225 Å². The first-order valence-electron chi connectivity index (χ1n) is 10.8. The van der Waals surface area contributed by atoms with Crippen molar-refractivity contribution >= 4 is 67.2 Å².